The molecular formula is C18H17BrN4O3. The van der Waals surface area contributed by atoms with Crippen molar-refractivity contribution < 1.29 is 13.7 Å². The normalized spacial score (nSPS) is 15.0. The Bertz CT molecular complexity index is 932. The molecule has 1 N–H and O–H groups in total. The summed E-state index contributed by atoms with van der Waals surface area (Å²) in [7, 11) is 0. The van der Waals surface area contributed by atoms with E-state index < -0.39 is 6.04 Å². The second-order valence-corrected chi connectivity index (χ2v) is 7.27. The van der Waals surface area contributed by atoms with Crippen molar-refractivity contribution in [1.82, 2.24) is 20.4 Å². The number of carbonyl (C=O) groups excluding carboxylic acids is 1. The number of hydrogen-bond acceptors (Lipinski definition) is 6. The van der Waals surface area contributed by atoms with Gasteiger partial charge in [0.05, 0.1) is 12.6 Å². The Morgan fingerprint density at radius 2 is 2.27 bits per heavy atom. The molecule has 0 bridgehead atoms. The molecule has 134 valence electrons. The van der Waals surface area contributed by atoms with Crippen molar-refractivity contribution in [3.63, 3.8) is 0 Å². The second kappa shape index (κ2) is 7.03. The van der Waals surface area contributed by atoms with Crippen LogP contribution in [0.5, 0.6) is 0 Å². The van der Waals surface area contributed by atoms with E-state index in [4.69, 9.17) is 8.94 Å². The molecule has 1 fully saturated rings. The zero-order chi connectivity index (χ0) is 18.1. The molecule has 3 aromatic rings. The summed E-state index contributed by atoms with van der Waals surface area (Å²) in [5.74, 6) is 2.59. The van der Waals surface area contributed by atoms with Gasteiger partial charge in [0.2, 0.25) is 5.91 Å². The van der Waals surface area contributed by atoms with Gasteiger partial charge in [-0.25, -0.2) is 4.98 Å². The summed E-state index contributed by atoms with van der Waals surface area (Å²) < 4.78 is 12.0. The number of nitrogens with zero attached hydrogens (tertiary/aromatic N) is 3. The second-order valence-electron chi connectivity index (χ2n) is 6.35. The number of rotatable bonds is 6. The largest absolute Gasteiger partial charge is 0.445 e. The predicted molar refractivity (Wildman–Crippen MR) is 95.4 cm³/mol. The zero-order valence-electron chi connectivity index (χ0n) is 14.1. The number of halogens is 1. The first kappa shape index (κ1) is 17.0. The van der Waals surface area contributed by atoms with Gasteiger partial charge in [-0.3, -0.25) is 4.79 Å². The standard InChI is InChI=1S/C18H17BrN4O3/c1-10(24)21-16(12-3-2-4-13(19)7-12)18-22-15(23-26-18)8-14-9-20-17(25-14)11-5-6-11/h2-4,7,9,11,16H,5-6,8H2,1H3,(H,21,24). The molecule has 1 aromatic carbocycles. The van der Waals surface area contributed by atoms with E-state index in [2.05, 4.69) is 36.4 Å². The fourth-order valence-electron chi connectivity index (χ4n) is 2.71. The maximum atomic E-state index is 11.6. The lowest BCUT2D eigenvalue weighted by molar-refractivity contribution is -0.119. The number of nitrogens with one attached hydrogen (secondary N) is 1. The molecule has 1 saturated carbocycles. The van der Waals surface area contributed by atoms with Gasteiger partial charge in [-0.1, -0.05) is 33.2 Å². The number of hydrogen-bond donors (Lipinski definition) is 1. The maximum absolute atomic E-state index is 11.6. The highest BCUT2D eigenvalue weighted by Crippen LogP contribution is 2.39. The summed E-state index contributed by atoms with van der Waals surface area (Å²) in [5, 5.41) is 6.87. The molecule has 0 spiro atoms. The number of amides is 1. The van der Waals surface area contributed by atoms with Crippen LogP contribution >= 0.6 is 15.9 Å². The molecule has 8 heteroatoms. The van der Waals surface area contributed by atoms with Crippen molar-refractivity contribution in [3.05, 3.63) is 63.9 Å². The average molecular weight is 417 g/mol. The third-order valence-corrected chi connectivity index (χ3v) is 4.58. The van der Waals surface area contributed by atoms with E-state index in [1.807, 2.05) is 24.3 Å². The molecule has 0 saturated heterocycles. The van der Waals surface area contributed by atoms with Crippen LogP contribution in [0.15, 0.2) is 43.9 Å². The smallest absolute Gasteiger partial charge is 0.253 e. The minimum atomic E-state index is -0.511. The van der Waals surface area contributed by atoms with Crippen LogP contribution < -0.4 is 5.32 Å². The molecule has 0 radical (unpaired) electrons. The van der Waals surface area contributed by atoms with Gasteiger partial charge < -0.3 is 14.3 Å². The summed E-state index contributed by atoms with van der Waals surface area (Å²) in [6.07, 6.45) is 4.38. The summed E-state index contributed by atoms with van der Waals surface area (Å²) in [4.78, 5) is 20.4. The summed E-state index contributed by atoms with van der Waals surface area (Å²) in [5.41, 5.74) is 0.848. The Kier molecular flexibility index (Phi) is 4.58. The van der Waals surface area contributed by atoms with E-state index in [0.717, 1.165) is 28.8 Å². The molecule has 0 aliphatic heterocycles. The Morgan fingerprint density at radius 3 is 3.00 bits per heavy atom. The van der Waals surface area contributed by atoms with Crippen molar-refractivity contribution in [2.45, 2.75) is 38.1 Å². The van der Waals surface area contributed by atoms with Gasteiger partial charge in [0.25, 0.3) is 5.89 Å². The van der Waals surface area contributed by atoms with Crippen LogP contribution in [-0.4, -0.2) is 21.0 Å². The molecule has 1 aliphatic rings. The van der Waals surface area contributed by atoms with Gasteiger partial charge in [-0.15, -0.1) is 0 Å². The van der Waals surface area contributed by atoms with E-state index in [0.29, 0.717) is 29.8 Å². The third-order valence-electron chi connectivity index (χ3n) is 4.09. The summed E-state index contributed by atoms with van der Waals surface area (Å²) >= 11 is 3.44. The predicted octanol–water partition coefficient (Wildman–Crippen LogP) is 3.51. The molecule has 7 nitrogen and oxygen atoms in total. The Morgan fingerprint density at radius 1 is 1.42 bits per heavy atom. The van der Waals surface area contributed by atoms with Crippen LogP contribution in [0.25, 0.3) is 0 Å². The Balaban J connectivity index is 1.55. The quantitative estimate of drug-likeness (QED) is 0.660. The monoisotopic (exact) mass is 416 g/mol. The van der Waals surface area contributed by atoms with Crippen LogP contribution in [-0.2, 0) is 11.2 Å². The first-order chi connectivity index (χ1) is 12.6. The fourth-order valence-corrected chi connectivity index (χ4v) is 3.13. The Labute approximate surface area is 158 Å². The number of benzene rings is 1. The maximum Gasteiger partial charge on any atom is 0.253 e. The molecule has 1 atom stereocenters. The number of carbonyl (C=O) groups is 1. The van der Waals surface area contributed by atoms with E-state index in [1.54, 1.807) is 6.20 Å². The SMILES string of the molecule is CC(=O)NC(c1cccc(Br)c1)c1nc(Cc2cnc(C3CC3)o2)no1. The lowest BCUT2D eigenvalue weighted by Gasteiger charge is -2.14. The molecule has 2 aromatic heterocycles. The van der Waals surface area contributed by atoms with Crippen molar-refractivity contribution in [2.24, 2.45) is 0 Å². The van der Waals surface area contributed by atoms with Crippen LogP contribution in [0.2, 0.25) is 0 Å². The molecular weight excluding hydrogens is 400 g/mol. The molecule has 26 heavy (non-hydrogen) atoms. The van der Waals surface area contributed by atoms with Crippen molar-refractivity contribution in [2.75, 3.05) is 0 Å². The number of oxazole rings is 1. The van der Waals surface area contributed by atoms with Crippen LogP contribution in [0.3, 0.4) is 0 Å². The minimum Gasteiger partial charge on any atom is -0.445 e. The van der Waals surface area contributed by atoms with Gasteiger partial charge in [-0.2, -0.15) is 4.98 Å². The van der Waals surface area contributed by atoms with E-state index in [9.17, 15) is 4.79 Å². The fraction of sp³-hybridized carbons (Fsp3) is 0.333. The average Bonchev–Trinajstić information content (AvgIpc) is 3.18. The van der Waals surface area contributed by atoms with Gasteiger partial charge >= 0.3 is 0 Å². The number of aromatic nitrogens is 3. The molecule has 1 amide bonds. The third kappa shape index (κ3) is 3.85. The van der Waals surface area contributed by atoms with E-state index >= 15 is 0 Å². The highest BCUT2D eigenvalue weighted by molar-refractivity contribution is 9.10. The van der Waals surface area contributed by atoms with Crippen LogP contribution in [0.4, 0.5) is 0 Å². The van der Waals surface area contributed by atoms with Gasteiger partial charge in [0.1, 0.15) is 11.8 Å². The highest BCUT2D eigenvalue weighted by Gasteiger charge is 2.29. The lowest BCUT2D eigenvalue weighted by Crippen LogP contribution is -2.27. The topological polar surface area (TPSA) is 94.1 Å². The minimum absolute atomic E-state index is 0.181. The first-order valence-electron chi connectivity index (χ1n) is 8.38. The molecule has 1 unspecified atom stereocenters. The van der Waals surface area contributed by atoms with Crippen LogP contribution in [0, 0.1) is 0 Å². The van der Waals surface area contributed by atoms with E-state index in [-0.39, 0.29) is 5.91 Å². The Hall–Kier alpha value is -2.48. The zero-order valence-corrected chi connectivity index (χ0v) is 15.7. The van der Waals surface area contributed by atoms with E-state index in [1.165, 1.54) is 6.92 Å². The molecule has 1 aliphatic carbocycles. The lowest BCUT2D eigenvalue weighted by atomic mass is 10.1. The molecule has 2 heterocycles. The summed E-state index contributed by atoms with van der Waals surface area (Å²) in [6, 6.07) is 7.09. The first-order valence-corrected chi connectivity index (χ1v) is 9.17. The van der Waals surface area contributed by atoms with Gasteiger partial charge in [0.15, 0.2) is 11.7 Å². The van der Waals surface area contributed by atoms with Crippen LogP contribution in [0.1, 0.15) is 60.7 Å². The van der Waals surface area contributed by atoms with Crippen molar-refractivity contribution in [3.8, 4) is 0 Å². The molecule has 4 rings (SSSR count). The summed E-state index contributed by atoms with van der Waals surface area (Å²) in [6.45, 7) is 1.45. The van der Waals surface area contributed by atoms with Crippen molar-refractivity contribution >= 4 is 21.8 Å². The van der Waals surface area contributed by atoms with Crippen molar-refractivity contribution in [1.29, 1.82) is 0 Å². The van der Waals surface area contributed by atoms with Gasteiger partial charge in [-0.05, 0) is 30.5 Å². The highest BCUT2D eigenvalue weighted by atomic mass is 79.9. The van der Waals surface area contributed by atoms with Gasteiger partial charge in [0, 0.05) is 17.3 Å².